The Morgan fingerprint density at radius 2 is 1.83 bits per heavy atom. The van der Waals surface area contributed by atoms with Gasteiger partial charge in [0.2, 0.25) is 5.95 Å². The summed E-state index contributed by atoms with van der Waals surface area (Å²) in [5, 5.41) is 14.3. The summed E-state index contributed by atoms with van der Waals surface area (Å²) < 4.78 is 20.3. The first kappa shape index (κ1) is 22.0. The highest BCUT2D eigenvalue weighted by Gasteiger charge is 2.17. The van der Waals surface area contributed by atoms with Crippen molar-refractivity contribution in [3.8, 4) is 34.1 Å². The minimum absolute atomic E-state index is 0.316. The maximum absolute atomic E-state index is 13.5. The molecule has 0 fully saturated rings. The molecule has 0 spiro atoms. The first-order valence-electron chi connectivity index (χ1n) is 10.7. The molecular formula is C25H20FN7O2. The smallest absolute Gasteiger partial charge is 0.264 e. The van der Waals surface area contributed by atoms with Crippen molar-refractivity contribution >= 4 is 5.95 Å². The zero-order valence-corrected chi connectivity index (χ0v) is 18.6. The third-order valence-corrected chi connectivity index (χ3v) is 5.27. The van der Waals surface area contributed by atoms with E-state index in [9.17, 15) is 9.18 Å². The summed E-state index contributed by atoms with van der Waals surface area (Å²) in [6, 6.07) is 18.5. The van der Waals surface area contributed by atoms with Gasteiger partial charge in [0.1, 0.15) is 17.3 Å². The number of hydrogen-bond acceptors (Lipinski definition) is 7. The summed E-state index contributed by atoms with van der Waals surface area (Å²) in [7, 11) is 1.63. The van der Waals surface area contributed by atoms with Gasteiger partial charge in [-0.3, -0.25) is 4.79 Å². The van der Waals surface area contributed by atoms with Crippen LogP contribution in [0.5, 0.6) is 5.75 Å². The van der Waals surface area contributed by atoms with Gasteiger partial charge in [-0.1, -0.05) is 12.1 Å². The van der Waals surface area contributed by atoms with Crippen molar-refractivity contribution < 1.29 is 9.13 Å². The molecule has 0 aliphatic heterocycles. The Kier molecular flexibility index (Phi) is 6.00. The van der Waals surface area contributed by atoms with Gasteiger partial charge < -0.3 is 10.1 Å². The zero-order valence-electron chi connectivity index (χ0n) is 18.6. The van der Waals surface area contributed by atoms with Crippen molar-refractivity contribution in [1.29, 1.82) is 0 Å². The molecule has 5 rings (SSSR count). The van der Waals surface area contributed by atoms with E-state index in [0.29, 0.717) is 40.8 Å². The van der Waals surface area contributed by atoms with E-state index in [1.54, 1.807) is 43.8 Å². The molecule has 5 aromatic rings. The molecule has 0 amide bonds. The number of rotatable bonds is 7. The van der Waals surface area contributed by atoms with E-state index in [-0.39, 0.29) is 11.4 Å². The van der Waals surface area contributed by atoms with E-state index < -0.39 is 0 Å². The molecule has 0 saturated heterocycles. The van der Waals surface area contributed by atoms with Gasteiger partial charge in [0.05, 0.1) is 12.8 Å². The average molecular weight is 469 g/mol. The predicted octanol–water partition coefficient (Wildman–Crippen LogP) is 3.84. The van der Waals surface area contributed by atoms with Crippen LogP contribution in [0.2, 0.25) is 0 Å². The molecule has 2 N–H and O–H groups in total. The lowest BCUT2D eigenvalue weighted by Gasteiger charge is -2.08. The second kappa shape index (κ2) is 9.56. The molecule has 0 saturated carbocycles. The second-order valence-corrected chi connectivity index (χ2v) is 7.59. The Balaban J connectivity index is 1.49. The van der Waals surface area contributed by atoms with Crippen LogP contribution in [0, 0.1) is 5.82 Å². The molecule has 174 valence electrons. The molecule has 3 aromatic heterocycles. The number of halogens is 1. The highest BCUT2D eigenvalue weighted by Crippen LogP contribution is 2.31. The SMILES string of the molecule is COc1ccc(CNc2nccc(-c3cn(-c4ccc(=O)[nH]n4)nc3-c3ccc(F)cc3)n2)cc1. The first-order chi connectivity index (χ1) is 17.1. The van der Waals surface area contributed by atoms with Crippen LogP contribution in [-0.2, 0) is 6.54 Å². The summed E-state index contributed by atoms with van der Waals surface area (Å²) in [5.74, 6) is 1.31. The Labute approximate surface area is 199 Å². The second-order valence-electron chi connectivity index (χ2n) is 7.59. The first-order valence-corrected chi connectivity index (χ1v) is 10.7. The van der Waals surface area contributed by atoms with Crippen LogP contribution in [-0.4, -0.2) is 37.1 Å². The van der Waals surface area contributed by atoms with Gasteiger partial charge in [-0.2, -0.15) is 10.2 Å². The molecule has 0 radical (unpaired) electrons. The van der Waals surface area contributed by atoms with Crippen molar-refractivity contribution in [3.05, 3.63) is 101 Å². The molecular weight excluding hydrogens is 449 g/mol. The minimum atomic E-state index is -0.343. The van der Waals surface area contributed by atoms with Crippen molar-refractivity contribution in [2.24, 2.45) is 0 Å². The van der Waals surface area contributed by atoms with Gasteiger partial charge in [0, 0.05) is 36.1 Å². The van der Waals surface area contributed by atoms with Crippen molar-refractivity contribution in [3.63, 3.8) is 0 Å². The lowest BCUT2D eigenvalue weighted by molar-refractivity contribution is 0.414. The molecule has 0 atom stereocenters. The van der Waals surface area contributed by atoms with Crippen LogP contribution in [0.25, 0.3) is 28.3 Å². The van der Waals surface area contributed by atoms with Crippen LogP contribution in [0.4, 0.5) is 10.3 Å². The fraction of sp³-hybridized carbons (Fsp3) is 0.0800. The number of anilines is 1. The summed E-state index contributed by atoms with van der Waals surface area (Å²) in [6.07, 6.45) is 3.41. The number of methoxy groups -OCH3 is 1. The fourth-order valence-corrected chi connectivity index (χ4v) is 3.48. The monoisotopic (exact) mass is 469 g/mol. The quantitative estimate of drug-likeness (QED) is 0.373. The fourth-order valence-electron chi connectivity index (χ4n) is 3.48. The summed E-state index contributed by atoms with van der Waals surface area (Å²) >= 11 is 0. The van der Waals surface area contributed by atoms with Gasteiger partial charge in [-0.05, 0) is 54.1 Å². The normalized spacial score (nSPS) is 10.8. The molecule has 0 aliphatic carbocycles. The number of H-pyrrole nitrogens is 1. The number of nitrogens with zero attached hydrogens (tertiary/aromatic N) is 5. The maximum atomic E-state index is 13.5. The van der Waals surface area contributed by atoms with Crippen molar-refractivity contribution in [2.45, 2.75) is 6.54 Å². The Morgan fingerprint density at radius 3 is 2.54 bits per heavy atom. The molecule has 2 aromatic carbocycles. The van der Waals surface area contributed by atoms with Crippen molar-refractivity contribution in [2.75, 3.05) is 12.4 Å². The number of hydrogen-bond donors (Lipinski definition) is 2. The van der Waals surface area contributed by atoms with Crippen LogP contribution < -0.4 is 15.6 Å². The van der Waals surface area contributed by atoms with Crippen LogP contribution in [0.15, 0.2) is 83.9 Å². The summed E-state index contributed by atoms with van der Waals surface area (Å²) in [6.45, 7) is 0.527. The van der Waals surface area contributed by atoms with Gasteiger partial charge in [-0.15, -0.1) is 0 Å². The van der Waals surface area contributed by atoms with E-state index >= 15 is 0 Å². The van der Waals surface area contributed by atoms with E-state index in [1.165, 1.54) is 22.9 Å². The molecule has 9 nitrogen and oxygen atoms in total. The molecule has 10 heteroatoms. The van der Waals surface area contributed by atoms with Gasteiger partial charge in [-0.25, -0.2) is 24.1 Å². The Morgan fingerprint density at radius 1 is 1.03 bits per heavy atom. The van der Waals surface area contributed by atoms with Crippen LogP contribution in [0.1, 0.15) is 5.56 Å². The van der Waals surface area contributed by atoms with Crippen molar-refractivity contribution in [1.82, 2.24) is 29.9 Å². The van der Waals surface area contributed by atoms with E-state index in [0.717, 1.165) is 11.3 Å². The molecule has 35 heavy (non-hydrogen) atoms. The highest BCUT2D eigenvalue weighted by atomic mass is 19.1. The maximum Gasteiger partial charge on any atom is 0.264 e. The third kappa shape index (κ3) is 4.91. The highest BCUT2D eigenvalue weighted by molar-refractivity contribution is 5.79. The number of aromatic amines is 1. The van der Waals surface area contributed by atoms with E-state index in [4.69, 9.17) is 4.74 Å². The predicted molar refractivity (Wildman–Crippen MR) is 129 cm³/mol. The standard InChI is InChI=1S/C25H20FN7O2/c1-35-19-8-2-16(3-9-19)14-28-25-27-13-12-21(29-25)20-15-33(22-10-11-23(34)31-30-22)32-24(20)17-4-6-18(26)7-5-17/h2-13,15H,14H2,1H3,(H,31,34)(H,27,28,29). The molecule has 0 bridgehead atoms. The van der Waals surface area contributed by atoms with Gasteiger partial charge in [0.15, 0.2) is 5.82 Å². The largest absolute Gasteiger partial charge is 0.497 e. The number of benzene rings is 2. The Hall–Kier alpha value is -4.86. The van der Waals surface area contributed by atoms with E-state index in [1.807, 2.05) is 24.3 Å². The number of aromatic nitrogens is 6. The van der Waals surface area contributed by atoms with E-state index in [2.05, 4.69) is 30.6 Å². The molecule has 3 heterocycles. The van der Waals surface area contributed by atoms with Crippen LogP contribution in [0.3, 0.4) is 0 Å². The van der Waals surface area contributed by atoms with Crippen LogP contribution >= 0.6 is 0 Å². The lowest BCUT2D eigenvalue weighted by Crippen LogP contribution is -2.09. The zero-order chi connectivity index (χ0) is 24.2. The number of nitrogens with one attached hydrogen (secondary N) is 2. The topological polar surface area (TPSA) is 111 Å². The summed E-state index contributed by atoms with van der Waals surface area (Å²) in [4.78, 5) is 20.4. The molecule has 0 unspecified atom stereocenters. The Bertz CT molecular complexity index is 1490. The average Bonchev–Trinajstić information content (AvgIpc) is 3.34. The number of ether oxygens (including phenoxy) is 1. The summed E-state index contributed by atoms with van der Waals surface area (Å²) in [5.41, 5.74) is 3.33. The third-order valence-electron chi connectivity index (χ3n) is 5.27. The minimum Gasteiger partial charge on any atom is -0.497 e. The van der Waals surface area contributed by atoms with Gasteiger partial charge >= 0.3 is 0 Å². The molecule has 0 aliphatic rings. The van der Waals surface area contributed by atoms with Gasteiger partial charge in [0.25, 0.3) is 5.56 Å². The lowest BCUT2D eigenvalue weighted by atomic mass is 10.1.